The van der Waals surface area contributed by atoms with E-state index in [1.165, 1.54) is 0 Å². The molecule has 184 valence electrons. The van der Waals surface area contributed by atoms with Crippen LogP contribution in [-0.2, 0) is 10.3 Å². The minimum Gasteiger partial charge on any atom is -0.475 e. The Balaban J connectivity index is 1.54. The lowest BCUT2D eigenvalue weighted by Gasteiger charge is -2.29. The van der Waals surface area contributed by atoms with Crippen LogP contribution in [0.3, 0.4) is 0 Å². The molecule has 1 aromatic carbocycles. The van der Waals surface area contributed by atoms with E-state index in [9.17, 15) is 9.59 Å². The fraction of sp³-hybridized carbons (Fsp3) is 0.444. The summed E-state index contributed by atoms with van der Waals surface area (Å²) in [5, 5.41) is 0.524. The summed E-state index contributed by atoms with van der Waals surface area (Å²) in [6.07, 6.45) is 7.53. The third-order valence-electron chi connectivity index (χ3n) is 7.18. The van der Waals surface area contributed by atoms with Gasteiger partial charge >= 0.3 is 5.97 Å². The van der Waals surface area contributed by atoms with E-state index in [4.69, 9.17) is 9.47 Å². The quantitative estimate of drug-likeness (QED) is 0.384. The van der Waals surface area contributed by atoms with Crippen LogP contribution < -0.4 is 15.1 Å². The van der Waals surface area contributed by atoms with E-state index in [2.05, 4.69) is 43.4 Å². The van der Waals surface area contributed by atoms with Crippen molar-refractivity contribution < 1.29 is 14.3 Å². The van der Waals surface area contributed by atoms with Gasteiger partial charge in [0, 0.05) is 39.9 Å². The van der Waals surface area contributed by atoms with Gasteiger partial charge in [-0.3, -0.25) is 4.79 Å². The van der Waals surface area contributed by atoms with Gasteiger partial charge in [-0.15, -0.1) is 0 Å². The van der Waals surface area contributed by atoms with Crippen molar-refractivity contribution in [2.24, 2.45) is 0 Å². The second kappa shape index (κ2) is 9.30. The number of pyridine rings is 2. The first-order chi connectivity index (χ1) is 16.8. The highest BCUT2D eigenvalue weighted by Gasteiger charge is 2.41. The Morgan fingerprint density at radius 2 is 2.11 bits per heavy atom. The fourth-order valence-corrected chi connectivity index (χ4v) is 5.47. The van der Waals surface area contributed by atoms with Crippen LogP contribution in [0, 0.1) is 6.92 Å². The smallest absolute Gasteiger partial charge is 0.343 e. The van der Waals surface area contributed by atoms with Gasteiger partial charge in [0.05, 0.1) is 23.9 Å². The normalized spacial score (nSPS) is 18.6. The predicted octanol–water partition coefficient (Wildman–Crippen LogP) is 5.20. The number of fused-ring (bicyclic) bond motifs is 1. The molecule has 2 aromatic heterocycles. The first kappa shape index (κ1) is 23.9. The molecule has 0 N–H and O–H groups in total. The number of hydrogen-bond acceptors (Lipinski definition) is 6. The summed E-state index contributed by atoms with van der Waals surface area (Å²) in [5.74, 6) is 0.0955. The summed E-state index contributed by atoms with van der Waals surface area (Å²) in [7, 11) is 0. The SMILES string of the molecule is CCOC(=O)c1cn(C2(C)CC2)c2cc(N3CCC[C@@H]3COc3ncccc3C)c(Br)cc2c1=O. The van der Waals surface area contributed by atoms with E-state index in [-0.39, 0.29) is 29.2 Å². The Labute approximate surface area is 213 Å². The van der Waals surface area contributed by atoms with Crippen LogP contribution >= 0.6 is 15.9 Å². The van der Waals surface area contributed by atoms with E-state index in [1.807, 2.05) is 25.1 Å². The van der Waals surface area contributed by atoms with Crippen molar-refractivity contribution in [3.05, 3.63) is 62.5 Å². The van der Waals surface area contributed by atoms with Crippen molar-refractivity contribution >= 4 is 38.5 Å². The Morgan fingerprint density at radius 1 is 1.31 bits per heavy atom. The van der Waals surface area contributed by atoms with E-state index in [0.29, 0.717) is 17.9 Å². The van der Waals surface area contributed by atoms with Crippen molar-refractivity contribution in [3.63, 3.8) is 0 Å². The molecular weight excluding hydrogens is 510 g/mol. The Morgan fingerprint density at radius 3 is 2.83 bits per heavy atom. The maximum Gasteiger partial charge on any atom is 0.343 e. The number of rotatable bonds is 7. The van der Waals surface area contributed by atoms with Crippen molar-refractivity contribution in [1.29, 1.82) is 0 Å². The molecule has 0 amide bonds. The summed E-state index contributed by atoms with van der Waals surface area (Å²) >= 11 is 3.72. The Hall–Kier alpha value is -2.87. The summed E-state index contributed by atoms with van der Waals surface area (Å²) in [6, 6.07) is 8.04. The third kappa shape index (κ3) is 4.44. The number of carbonyl (C=O) groups is 1. The van der Waals surface area contributed by atoms with Gasteiger partial charge in [0.2, 0.25) is 11.3 Å². The minimum atomic E-state index is -0.570. The molecule has 2 fully saturated rings. The number of aromatic nitrogens is 2. The minimum absolute atomic E-state index is 0.0882. The molecule has 7 nitrogen and oxygen atoms in total. The average molecular weight is 540 g/mol. The number of ether oxygens (including phenoxy) is 2. The monoisotopic (exact) mass is 539 g/mol. The Kier molecular flexibility index (Phi) is 6.34. The highest BCUT2D eigenvalue weighted by atomic mass is 79.9. The van der Waals surface area contributed by atoms with Gasteiger partial charge in [-0.2, -0.15) is 0 Å². The number of esters is 1. The average Bonchev–Trinajstić information content (AvgIpc) is 3.41. The zero-order valence-electron chi connectivity index (χ0n) is 20.3. The highest BCUT2D eigenvalue weighted by molar-refractivity contribution is 9.10. The molecular formula is C27H30BrN3O4. The first-order valence-corrected chi connectivity index (χ1v) is 13.0. The van der Waals surface area contributed by atoms with Crippen LogP contribution in [0.15, 0.2) is 45.9 Å². The van der Waals surface area contributed by atoms with Crippen LogP contribution in [0.25, 0.3) is 10.9 Å². The van der Waals surface area contributed by atoms with Gasteiger partial charge in [-0.1, -0.05) is 6.07 Å². The summed E-state index contributed by atoms with van der Waals surface area (Å²) < 4.78 is 14.2. The van der Waals surface area contributed by atoms with Gasteiger partial charge in [-0.25, -0.2) is 9.78 Å². The molecule has 1 aliphatic heterocycles. The topological polar surface area (TPSA) is 73.7 Å². The number of carbonyl (C=O) groups excluding carboxylic acids is 1. The predicted molar refractivity (Wildman–Crippen MR) is 140 cm³/mol. The molecule has 1 aliphatic carbocycles. The van der Waals surface area contributed by atoms with Gasteiger partial charge in [-0.05, 0) is 80.6 Å². The number of hydrogen-bond donors (Lipinski definition) is 0. The lowest BCUT2D eigenvalue weighted by Crippen LogP contribution is -2.35. The molecule has 3 heterocycles. The van der Waals surface area contributed by atoms with Gasteiger partial charge in [0.1, 0.15) is 12.2 Å². The first-order valence-electron chi connectivity index (χ1n) is 12.2. The number of benzene rings is 1. The summed E-state index contributed by atoms with van der Waals surface area (Å²) in [6.45, 7) is 7.57. The van der Waals surface area contributed by atoms with Crippen LogP contribution in [-0.4, -0.2) is 41.3 Å². The zero-order valence-corrected chi connectivity index (χ0v) is 21.9. The molecule has 0 spiro atoms. The molecule has 1 saturated heterocycles. The molecule has 1 atom stereocenters. The van der Waals surface area contributed by atoms with Crippen molar-refractivity contribution in [2.75, 3.05) is 24.7 Å². The van der Waals surface area contributed by atoms with Crippen LogP contribution in [0.4, 0.5) is 5.69 Å². The largest absolute Gasteiger partial charge is 0.475 e. The number of halogens is 1. The molecule has 35 heavy (non-hydrogen) atoms. The second-order valence-electron chi connectivity index (χ2n) is 9.71. The maximum atomic E-state index is 13.3. The number of nitrogens with zero attached hydrogens (tertiary/aromatic N) is 3. The van der Waals surface area contributed by atoms with Crippen LogP contribution in [0.1, 0.15) is 55.5 Å². The van der Waals surface area contributed by atoms with E-state index in [1.54, 1.807) is 19.3 Å². The van der Waals surface area contributed by atoms with Crippen molar-refractivity contribution in [1.82, 2.24) is 9.55 Å². The van der Waals surface area contributed by atoms with Crippen LogP contribution in [0.5, 0.6) is 5.88 Å². The molecule has 0 radical (unpaired) electrons. The third-order valence-corrected chi connectivity index (χ3v) is 7.82. The Bertz CT molecular complexity index is 1350. The van der Waals surface area contributed by atoms with Crippen LogP contribution in [0.2, 0.25) is 0 Å². The van der Waals surface area contributed by atoms with Crippen molar-refractivity contribution in [2.45, 2.75) is 58.0 Å². The number of aryl methyl sites for hydroxylation is 1. The van der Waals surface area contributed by atoms with E-state index in [0.717, 1.165) is 53.5 Å². The molecule has 3 aromatic rings. The van der Waals surface area contributed by atoms with E-state index < -0.39 is 5.97 Å². The highest BCUT2D eigenvalue weighted by Crippen LogP contribution is 2.45. The molecule has 2 aliphatic rings. The lowest BCUT2D eigenvalue weighted by molar-refractivity contribution is 0.0524. The van der Waals surface area contributed by atoms with Gasteiger partial charge in [0.25, 0.3) is 0 Å². The summed E-state index contributed by atoms with van der Waals surface area (Å²) in [4.78, 5) is 32.6. The molecule has 0 unspecified atom stereocenters. The fourth-order valence-electron chi connectivity index (χ4n) is 4.90. The second-order valence-corrected chi connectivity index (χ2v) is 10.6. The van der Waals surface area contributed by atoms with Gasteiger partial charge in [0.15, 0.2) is 0 Å². The summed E-state index contributed by atoms with van der Waals surface area (Å²) in [5.41, 5.74) is 2.57. The van der Waals surface area contributed by atoms with Crippen molar-refractivity contribution in [3.8, 4) is 5.88 Å². The maximum absolute atomic E-state index is 13.3. The number of anilines is 1. The molecule has 1 saturated carbocycles. The van der Waals surface area contributed by atoms with Gasteiger partial charge < -0.3 is 18.9 Å². The lowest BCUT2D eigenvalue weighted by atomic mass is 10.1. The molecule has 5 rings (SSSR count). The zero-order chi connectivity index (χ0) is 24.7. The molecule has 8 heteroatoms. The standard InChI is InChI=1S/C27H30BrN3O4/c1-4-34-26(33)20-15-31(27(3)9-10-27)22-14-23(21(28)13-19(22)24(20)32)30-12-6-8-18(30)16-35-25-17(2)7-5-11-29-25/h5,7,11,13-15,18H,4,6,8-10,12,16H2,1-3H3/t18-/m1/s1. The molecule has 0 bridgehead atoms. The van der Waals surface area contributed by atoms with E-state index >= 15 is 0 Å².